The summed E-state index contributed by atoms with van der Waals surface area (Å²) in [7, 11) is 0. The Morgan fingerprint density at radius 1 is 1.18 bits per heavy atom. The largest absolute Gasteiger partial charge is 0.378 e. The zero-order chi connectivity index (χ0) is 19.5. The number of aromatic nitrogens is 2. The van der Waals surface area contributed by atoms with Crippen molar-refractivity contribution < 1.29 is 9.53 Å². The van der Waals surface area contributed by atoms with Crippen LogP contribution in [0.1, 0.15) is 27.2 Å². The van der Waals surface area contributed by atoms with E-state index < -0.39 is 0 Å². The van der Waals surface area contributed by atoms with Crippen molar-refractivity contribution in [3.05, 3.63) is 65.0 Å². The average Bonchev–Trinajstić information content (AvgIpc) is 2.72. The zero-order valence-electron chi connectivity index (χ0n) is 16.2. The van der Waals surface area contributed by atoms with Gasteiger partial charge in [0, 0.05) is 36.8 Å². The number of aryl methyl sites for hydroxylation is 2. The highest BCUT2D eigenvalue weighted by molar-refractivity contribution is 5.98. The van der Waals surface area contributed by atoms with Crippen LogP contribution in [-0.2, 0) is 11.3 Å². The summed E-state index contributed by atoms with van der Waals surface area (Å²) in [6.07, 6.45) is 1.79. The number of fused-ring (bicyclic) bond motifs is 1. The van der Waals surface area contributed by atoms with Gasteiger partial charge in [-0.15, -0.1) is 0 Å². The van der Waals surface area contributed by atoms with Gasteiger partial charge in [0.25, 0.3) is 5.91 Å². The lowest BCUT2D eigenvalue weighted by molar-refractivity contribution is 0.0950. The third-order valence-corrected chi connectivity index (χ3v) is 5.03. The predicted molar refractivity (Wildman–Crippen MR) is 110 cm³/mol. The molecule has 2 aromatic heterocycles. The monoisotopic (exact) mass is 376 g/mol. The minimum atomic E-state index is -0.121. The van der Waals surface area contributed by atoms with Crippen LogP contribution in [0.3, 0.4) is 0 Å². The van der Waals surface area contributed by atoms with Gasteiger partial charge in [-0.1, -0.05) is 18.2 Å². The quantitative estimate of drug-likeness (QED) is 0.758. The highest BCUT2D eigenvalue weighted by atomic mass is 16.5. The topological polar surface area (TPSA) is 67.4 Å². The first kappa shape index (κ1) is 18.4. The van der Waals surface area contributed by atoms with Gasteiger partial charge in [-0.05, 0) is 37.6 Å². The molecule has 0 aliphatic carbocycles. The number of carbonyl (C=O) groups excluding carboxylic acids is 1. The third kappa shape index (κ3) is 3.82. The van der Waals surface area contributed by atoms with E-state index in [9.17, 15) is 4.79 Å². The van der Waals surface area contributed by atoms with E-state index in [4.69, 9.17) is 4.74 Å². The molecule has 1 aliphatic rings. The Kier molecular flexibility index (Phi) is 5.21. The second kappa shape index (κ2) is 7.94. The Morgan fingerprint density at radius 2 is 2.00 bits per heavy atom. The molecule has 0 spiro atoms. The number of anilines is 1. The maximum atomic E-state index is 12.8. The number of carbonyl (C=O) groups is 1. The van der Waals surface area contributed by atoms with Gasteiger partial charge in [-0.2, -0.15) is 0 Å². The molecule has 1 amide bonds. The van der Waals surface area contributed by atoms with Crippen LogP contribution in [0, 0.1) is 13.8 Å². The van der Waals surface area contributed by atoms with Crippen LogP contribution in [0.4, 0.5) is 5.82 Å². The molecule has 3 aromatic rings. The predicted octanol–water partition coefficient (Wildman–Crippen LogP) is 3.01. The molecule has 4 rings (SSSR count). The Balaban J connectivity index is 1.53. The van der Waals surface area contributed by atoms with Gasteiger partial charge in [0.15, 0.2) is 0 Å². The number of hydrogen-bond acceptors (Lipinski definition) is 5. The van der Waals surface area contributed by atoms with Crippen LogP contribution in [0.15, 0.2) is 42.6 Å². The molecule has 3 heterocycles. The van der Waals surface area contributed by atoms with Crippen molar-refractivity contribution in [1.29, 1.82) is 0 Å². The molecule has 1 fully saturated rings. The van der Waals surface area contributed by atoms with Gasteiger partial charge in [0.2, 0.25) is 0 Å². The summed E-state index contributed by atoms with van der Waals surface area (Å²) in [5.41, 5.74) is 4.41. The lowest BCUT2D eigenvalue weighted by Crippen LogP contribution is -2.37. The number of rotatable bonds is 4. The summed E-state index contributed by atoms with van der Waals surface area (Å²) >= 11 is 0. The summed E-state index contributed by atoms with van der Waals surface area (Å²) < 4.78 is 5.43. The molecular formula is C22H24N4O2. The molecule has 0 bridgehead atoms. The number of benzene rings is 1. The van der Waals surface area contributed by atoms with Gasteiger partial charge in [-0.3, -0.25) is 9.78 Å². The minimum absolute atomic E-state index is 0.121. The Morgan fingerprint density at radius 3 is 2.82 bits per heavy atom. The van der Waals surface area contributed by atoms with Gasteiger partial charge >= 0.3 is 0 Å². The second-order valence-electron chi connectivity index (χ2n) is 7.09. The van der Waals surface area contributed by atoms with E-state index >= 15 is 0 Å². The molecule has 144 valence electrons. The van der Waals surface area contributed by atoms with Crippen molar-refractivity contribution in [1.82, 2.24) is 15.3 Å². The number of pyridine rings is 2. The maximum Gasteiger partial charge on any atom is 0.253 e. The standard InChI is InChI=1S/C22H24N4O2/c1-15-5-6-17-13-19(16(2)25-20(17)12-15)22(27)24-14-18-4-3-7-23-21(18)26-8-10-28-11-9-26/h3-7,12-13H,8-11,14H2,1-2H3,(H,24,27). The van der Waals surface area contributed by atoms with E-state index in [0.29, 0.717) is 25.3 Å². The first-order valence-corrected chi connectivity index (χ1v) is 9.54. The lowest BCUT2D eigenvalue weighted by Gasteiger charge is -2.29. The summed E-state index contributed by atoms with van der Waals surface area (Å²) in [5, 5.41) is 4.00. The van der Waals surface area contributed by atoms with Crippen molar-refractivity contribution in [2.75, 3.05) is 31.2 Å². The smallest absolute Gasteiger partial charge is 0.253 e. The fourth-order valence-electron chi connectivity index (χ4n) is 3.50. The van der Waals surface area contributed by atoms with Crippen molar-refractivity contribution in [3.8, 4) is 0 Å². The highest BCUT2D eigenvalue weighted by Crippen LogP contribution is 2.20. The van der Waals surface area contributed by atoms with Crippen LogP contribution < -0.4 is 10.2 Å². The number of ether oxygens (including phenoxy) is 1. The maximum absolute atomic E-state index is 12.8. The number of hydrogen-bond donors (Lipinski definition) is 1. The van der Waals surface area contributed by atoms with E-state index in [1.807, 2.05) is 50.2 Å². The fourth-order valence-corrected chi connectivity index (χ4v) is 3.50. The Bertz CT molecular complexity index is 1010. The van der Waals surface area contributed by atoms with Gasteiger partial charge in [0.05, 0.1) is 30.0 Å². The molecule has 28 heavy (non-hydrogen) atoms. The van der Waals surface area contributed by atoms with Crippen molar-refractivity contribution in [3.63, 3.8) is 0 Å². The van der Waals surface area contributed by atoms with E-state index in [1.54, 1.807) is 6.20 Å². The van der Waals surface area contributed by atoms with Crippen LogP contribution in [0.5, 0.6) is 0 Å². The lowest BCUT2D eigenvalue weighted by atomic mass is 10.1. The molecule has 0 saturated carbocycles. The summed E-state index contributed by atoms with van der Waals surface area (Å²) in [4.78, 5) is 24.2. The minimum Gasteiger partial charge on any atom is -0.378 e. The average molecular weight is 376 g/mol. The van der Waals surface area contributed by atoms with Crippen LogP contribution in [0.25, 0.3) is 10.9 Å². The molecule has 6 nitrogen and oxygen atoms in total. The Labute approximate surface area is 164 Å². The summed E-state index contributed by atoms with van der Waals surface area (Å²) in [6, 6.07) is 11.9. The number of morpholine rings is 1. The normalized spacial score (nSPS) is 14.3. The molecule has 0 unspecified atom stereocenters. The van der Waals surface area contributed by atoms with Crippen molar-refractivity contribution in [2.45, 2.75) is 20.4 Å². The van der Waals surface area contributed by atoms with Gasteiger partial charge < -0.3 is 15.0 Å². The van der Waals surface area contributed by atoms with E-state index in [1.165, 1.54) is 0 Å². The van der Waals surface area contributed by atoms with E-state index in [0.717, 1.165) is 46.6 Å². The van der Waals surface area contributed by atoms with E-state index in [-0.39, 0.29) is 5.91 Å². The second-order valence-corrected chi connectivity index (χ2v) is 7.09. The molecule has 1 aliphatic heterocycles. The zero-order valence-corrected chi connectivity index (χ0v) is 16.2. The fraction of sp³-hybridized carbons (Fsp3) is 0.318. The molecule has 1 N–H and O–H groups in total. The molecule has 6 heteroatoms. The SMILES string of the molecule is Cc1ccc2cc(C(=O)NCc3cccnc3N3CCOCC3)c(C)nc2c1. The summed E-state index contributed by atoms with van der Waals surface area (Å²) in [6.45, 7) is 7.35. The number of nitrogens with one attached hydrogen (secondary N) is 1. The molecule has 1 saturated heterocycles. The number of nitrogens with zero attached hydrogens (tertiary/aromatic N) is 3. The Hall–Kier alpha value is -2.99. The first-order chi connectivity index (χ1) is 13.6. The van der Waals surface area contributed by atoms with Gasteiger partial charge in [-0.25, -0.2) is 4.98 Å². The number of amides is 1. The summed E-state index contributed by atoms with van der Waals surface area (Å²) in [5.74, 6) is 0.791. The van der Waals surface area contributed by atoms with Crippen molar-refractivity contribution in [2.24, 2.45) is 0 Å². The molecular weight excluding hydrogens is 352 g/mol. The van der Waals surface area contributed by atoms with Crippen molar-refractivity contribution >= 4 is 22.6 Å². The third-order valence-electron chi connectivity index (χ3n) is 5.03. The molecule has 0 atom stereocenters. The van der Waals surface area contributed by atoms with Crippen LogP contribution in [0.2, 0.25) is 0 Å². The molecule has 1 aromatic carbocycles. The van der Waals surface area contributed by atoms with Crippen LogP contribution in [-0.4, -0.2) is 42.2 Å². The van der Waals surface area contributed by atoms with Crippen LogP contribution >= 0.6 is 0 Å². The molecule has 0 radical (unpaired) electrons. The van der Waals surface area contributed by atoms with E-state index in [2.05, 4.69) is 20.2 Å². The van der Waals surface area contributed by atoms with Gasteiger partial charge in [0.1, 0.15) is 5.82 Å². The first-order valence-electron chi connectivity index (χ1n) is 9.54. The highest BCUT2D eigenvalue weighted by Gasteiger charge is 2.17.